The van der Waals surface area contributed by atoms with Crippen molar-refractivity contribution >= 4 is 0 Å². The summed E-state index contributed by atoms with van der Waals surface area (Å²) in [4.78, 5) is 0. The quantitative estimate of drug-likeness (QED) is 0.422. The zero-order chi connectivity index (χ0) is 13.1. The molecule has 0 aromatic rings. The minimum atomic E-state index is -0.684. The van der Waals surface area contributed by atoms with Crippen molar-refractivity contribution in [2.24, 2.45) is 11.1 Å². The molecule has 0 aliphatic carbocycles. The number of hydrogen-bond acceptors (Lipinski definition) is 2. The highest BCUT2D eigenvalue weighted by molar-refractivity contribution is 4.73. The second-order valence-corrected chi connectivity index (χ2v) is 6.01. The van der Waals surface area contributed by atoms with E-state index in [-0.39, 0.29) is 5.41 Å². The van der Waals surface area contributed by atoms with E-state index < -0.39 is 6.23 Å². The van der Waals surface area contributed by atoms with Crippen LogP contribution in [-0.4, -0.2) is 11.3 Å². The molecule has 1 unspecified atom stereocenters. The van der Waals surface area contributed by atoms with E-state index >= 15 is 0 Å². The van der Waals surface area contributed by atoms with Gasteiger partial charge in [0.25, 0.3) is 0 Å². The van der Waals surface area contributed by atoms with Gasteiger partial charge in [0.1, 0.15) is 6.23 Å². The molecule has 3 N–H and O–H groups in total. The second kappa shape index (κ2) is 9.90. The fourth-order valence-corrected chi connectivity index (χ4v) is 2.04. The molecule has 0 radical (unpaired) electrons. The molecular weight excluding hydrogens is 210 g/mol. The molecule has 0 spiro atoms. The summed E-state index contributed by atoms with van der Waals surface area (Å²) in [5, 5.41) is 9.38. The van der Waals surface area contributed by atoms with E-state index in [4.69, 9.17) is 5.73 Å². The first-order valence-corrected chi connectivity index (χ1v) is 7.44. The van der Waals surface area contributed by atoms with E-state index in [1.54, 1.807) is 0 Å². The molecule has 0 amide bonds. The van der Waals surface area contributed by atoms with Crippen LogP contribution < -0.4 is 5.73 Å². The van der Waals surface area contributed by atoms with Crippen molar-refractivity contribution in [1.29, 1.82) is 0 Å². The lowest BCUT2D eigenvalue weighted by Crippen LogP contribution is -2.36. The van der Waals surface area contributed by atoms with Gasteiger partial charge in [-0.25, -0.2) is 0 Å². The largest absolute Gasteiger partial charge is 0.378 e. The van der Waals surface area contributed by atoms with Crippen LogP contribution in [-0.2, 0) is 0 Å². The third-order valence-electron chi connectivity index (χ3n) is 3.73. The fourth-order valence-electron chi connectivity index (χ4n) is 2.04. The summed E-state index contributed by atoms with van der Waals surface area (Å²) in [6.45, 7) is 6.35. The van der Waals surface area contributed by atoms with E-state index in [1.165, 1.54) is 57.8 Å². The highest BCUT2D eigenvalue weighted by Gasteiger charge is 2.23. The van der Waals surface area contributed by atoms with Gasteiger partial charge in [-0.3, -0.25) is 0 Å². The third kappa shape index (κ3) is 9.61. The van der Waals surface area contributed by atoms with Gasteiger partial charge in [0.2, 0.25) is 0 Å². The standard InChI is InChI=1S/C15H33NO/c1-4-5-6-7-8-9-10-11-12-13-15(2,3)14(16)17/h14,17H,4-13,16H2,1-3H3. The maximum absolute atomic E-state index is 9.38. The normalized spacial score (nSPS) is 13.9. The Bertz CT molecular complexity index is 166. The Morgan fingerprint density at radius 1 is 0.882 bits per heavy atom. The van der Waals surface area contributed by atoms with E-state index in [0.29, 0.717) is 0 Å². The monoisotopic (exact) mass is 243 g/mol. The molecule has 0 saturated heterocycles. The Morgan fingerprint density at radius 3 is 1.71 bits per heavy atom. The van der Waals surface area contributed by atoms with Gasteiger partial charge in [0, 0.05) is 5.41 Å². The third-order valence-corrected chi connectivity index (χ3v) is 3.73. The molecular formula is C15H33NO. The number of aliphatic hydroxyl groups is 1. The molecule has 2 heteroatoms. The molecule has 0 heterocycles. The van der Waals surface area contributed by atoms with Crippen molar-refractivity contribution in [3.63, 3.8) is 0 Å². The minimum absolute atomic E-state index is 0.124. The SMILES string of the molecule is CCCCCCCCCCCC(C)(C)C(N)O. The first-order valence-electron chi connectivity index (χ1n) is 7.44. The van der Waals surface area contributed by atoms with Crippen LogP contribution in [0.2, 0.25) is 0 Å². The molecule has 0 rings (SSSR count). The van der Waals surface area contributed by atoms with Gasteiger partial charge >= 0.3 is 0 Å². The van der Waals surface area contributed by atoms with Gasteiger partial charge in [-0.2, -0.15) is 0 Å². The van der Waals surface area contributed by atoms with E-state index in [2.05, 4.69) is 6.92 Å². The van der Waals surface area contributed by atoms with Gasteiger partial charge in [-0.15, -0.1) is 0 Å². The lowest BCUT2D eigenvalue weighted by Gasteiger charge is -2.27. The van der Waals surface area contributed by atoms with Crippen molar-refractivity contribution < 1.29 is 5.11 Å². The van der Waals surface area contributed by atoms with Crippen LogP contribution in [0.3, 0.4) is 0 Å². The van der Waals surface area contributed by atoms with E-state index in [9.17, 15) is 5.11 Å². The summed E-state index contributed by atoms with van der Waals surface area (Å²) in [5.41, 5.74) is 5.41. The number of nitrogens with two attached hydrogens (primary N) is 1. The van der Waals surface area contributed by atoms with Crippen molar-refractivity contribution in [2.45, 2.75) is 91.2 Å². The summed E-state index contributed by atoms with van der Waals surface area (Å²) in [7, 11) is 0. The molecule has 17 heavy (non-hydrogen) atoms. The van der Waals surface area contributed by atoms with Gasteiger partial charge in [0.05, 0.1) is 0 Å². The van der Waals surface area contributed by atoms with Gasteiger partial charge < -0.3 is 10.8 Å². The Balaban J connectivity index is 3.24. The van der Waals surface area contributed by atoms with Crippen molar-refractivity contribution in [1.82, 2.24) is 0 Å². The van der Waals surface area contributed by atoms with E-state index in [0.717, 1.165) is 6.42 Å². The summed E-state index contributed by atoms with van der Waals surface area (Å²) >= 11 is 0. The molecule has 0 aromatic heterocycles. The first kappa shape index (κ1) is 16.9. The topological polar surface area (TPSA) is 46.2 Å². The van der Waals surface area contributed by atoms with Crippen LogP contribution in [0.4, 0.5) is 0 Å². The minimum Gasteiger partial charge on any atom is -0.378 e. The average molecular weight is 243 g/mol. The van der Waals surface area contributed by atoms with Gasteiger partial charge in [-0.1, -0.05) is 78.6 Å². The van der Waals surface area contributed by atoms with Gasteiger partial charge in [-0.05, 0) is 6.42 Å². The molecule has 1 atom stereocenters. The van der Waals surface area contributed by atoms with Crippen molar-refractivity contribution in [3.05, 3.63) is 0 Å². The van der Waals surface area contributed by atoms with Crippen LogP contribution in [0.1, 0.15) is 85.0 Å². The lowest BCUT2D eigenvalue weighted by molar-refractivity contribution is 0.0476. The maximum Gasteiger partial charge on any atom is 0.107 e. The zero-order valence-electron chi connectivity index (χ0n) is 12.2. The summed E-state index contributed by atoms with van der Waals surface area (Å²) in [6, 6.07) is 0. The smallest absolute Gasteiger partial charge is 0.107 e. The Labute approximate surface area is 108 Å². The summed E-state index contributed by atoms with van der Waals surface area (Å²) < 4.78 is 0. The first-order chi connectivity index (χ1) is 8.00. The molecule has 0 bridgehead atoms. The molecule has 0 fully saturated rings. The number of rotatable bonds is 11. The van der Waals surface area contributed by atoms with Gasteiger partial charge in [0.15, 0.2) is 0 Å². The van der Waals surface area contributed by atoms with Crippen LogP contribution in [0.5, 0.6) is 0 Å². The molecule has 2 nitrogen and oxygen atoms in total. The number of aliphatic hydroxyl groups excluding tert-OH is 1. The number of unbranched alkanes of at least 4 members (excludes halogenated alkanes) is 8. The lowest BCUT2D eigenvalue weighted by atomic mass is 9.85. The second-order valence-electron chi connectivity index (χ2n) is 6.01. The maximum atomic E-state index is 9.38. The predicted octanol–water partition coefficient (Wildman–Crippen LogP) is 4.21. The Morgan fingerprint density at radius 2 is 1.29 bits per heavy atom. The summed E-state index contributed by atoms with van der Waals surface area (Å²) in [5.74, 6) is 0. The van der Waals surface area contributed by atoms with Crippen LogP contribution >= 0.6 is 0 Å². The molecule has 0 aliphatic rings. The average Bonchev–Trinajstić information content (AvgIpc) is 2.26. The highest BCUT2D eigenvalue weighted by atomic mass is 16.3. The number of hydrogen-bond donors (Lipinski definition) is 2. The molecule has 104 valence electrons. The molecule has 0 aliphatic heterocycles. The fraction of sp³-hybridized carbons (Fsp3) is 1.00. The van der Waals surface area contributed by atoms with E-state index in [1.807, 2.05) is 13.8 Å². The predicted molar refractivity (Wildman–Crippen MR) is 75.8 cm³/mol. The van der Waals surface area contributed by atoms with Crippen LogP contribution in [0.25, 0.3) is 0 Å². The van der Waals surface area contributed by atoms with Crippen LogP contribution in [0, 0.1) is 5.41 Å². The van der Waals surface area contributed by atoms with Crippen molar-refractivity contribution in [3.8, 4) is 0 Å². The molecule has 0 saturated carbocycles. The van der Waals surface area contributed by atoms with Crippen LogP contribution in [0.15, 0.2) is 0 Å². The Kier molecular flexibility index (Phi) is 9.85. The van der Waals surface area contributed by atoms with Crippen molar-refractivity contribution in [2.75, 3.05) is 0 Å². The zero-order valence-corrected chi connectivity index (χ0v) is 12.2. The summed E-state index contributed by atoms with van der Waals surface area (Å²) in [6.07, 6.45) is 12.4. The highest BCUT2D eigenvalue weighted by Crippen LogP contribution is 2.25. The Hall–Kier alpha value is -0.0800. The molecule has 0 aromatic carbocycles.